The minimum absolute atomic E-state index is 0.0319. The Hall–Kier alpha value is -2.91. The molecule has 0 spiro atoms. The molecule has 0 aliphatic carbocycles. The SMILES string of the molecule is CN=C(NCc1ccc(C(=O)N(C)C)cc1)NCc1ccc(S(=O)(=O)NC)cc1. The van der Waals surface area contributed by atoms with Gasteiger partial charge >= 0.3 is 0 Å². The van der Waals surface area contributed by atoms with E-state index in [1.165, 1.54) is 7.05 Å². The van der Waals surface area contributed by atoms with Gasteiger partial charge in [-0.1, -0.05) is 24.3 Å². The van der Waals surface area contributed by atoms with Crippen LogP contribution in [0.3, 0.4) is 0 Å². The van der Waals surface area contributed by atoms with Gasteiger partial charge in [-0.05, 0) is 42.4 Å². The normalized spacial score (nSPS) is 11.8. The maximum Gasteiger partial charge on any atom is 0.253 e. The average Bonchev–Trinajstić information content (AvgIpc) is 2.74. The fourth-order valence-corrected chi connectivity index (χ4v) is 3.25. The van der Waals surface area contributed by atoms with Crippen LogP contribution in [-0.4, -0.2) is 53.4 Å². The van der Waals surface area contributed by atoms with Crippen molar-refractivity contribution in [3.05, 3.63) is 65.2 Å². The number of benzene rings is 2. The zero-order chi connectivity index (χ0) is 21.4. The van der Waals surface area contributed by atoms with Crippen molar-refractivity contribution in [1.29, 1.82) is 0 Å². The third-order valence-corrected chi connectivity index (χ3v) is 5.68. The number of hydrogen-bond acceptors (Lipinski definition) is 4. The summed E-state index contributed by atoms with van der Waals surface area (Å²) in [6.45, 7) is 1.05. The van der Waals surface area contributed by atoms with Crippen molar-refractivity contribution in [1.82, 2.24) is 20.3 Å². The molecule has 1 amide bonds. The Morgan fingerprint density at radius 3 is 1.83 bits per heavy atom. The van der Waals surface area contributed by atoms with Gasteiger partial charge in [0.2, 0.25) is 10.0 Å². The Kier molecular flexibility index (Phi) is 7.74. The second-order valence-electron chi connectivity index (χ2n) is 6.53. The summed E-state index contributed by atoms with van der Waals surface area (Å²) < 4.78 is 25.8. The zero-order valence-corrected chi connectivity index (χ0v) is 17.9. The van der Waals surface area contributed by atoms with E-state index < -0.39 is 10.0 Å². The van der Waals surface area contributed by atoms with Crippen LogP contribution in [0.15, 0.2) is 58.4 Å². The first-order valence-corrected chi connectivity index (χ1v) is 10.5. The van der Waals surface area contributed by atoms with E-state index in [4.69, 9.17) is 0 Å². The summed E-state index contributed by atoms with van der Waals surface area (Å²) in [6.07, 6.45) is 0. The molecule has 156 valence electrons. The molecule has 2 aromatic rings. The predicted octanol–water partition coefficient (Wildman–Crippen LogP) is 1.16. The summed E-state index contributed by atoms with van der Waals surface area (Å²) in [6, 6.07) is 14.0. The maximum atomic E-state index is 11.9. The van der Waals surface area contributed by atoms with Crippen LogP contribution >= 0.6 is 0 Å². The van der Waals surface area contributed by atoms with Crippen molar-refractivity contribution < 1.29 is 13.2 Å². The van der Waals surface area contributed by atoms with Gasteiger partial charge < -0.3 is 15.5 Å². The number of carbonyl (C=O) groups is 1. The highest BCUT2D eigenvalue weighted by molar-refractivity contribution is 7.89. The first-order chi connectivity index (χ1) is 13.8. The Morgan fingerprint density at radius 2 is 1.41 bits per heavy atom. The molecule has 0 unspecified atom stereocenters. The van der Waals surface area contributed by atoms with Crippen molar-refractivity contribution in [2.75, 3.05) is 28.2 Å². The summed E-state index contributed by atoms with van der Waals surface area (Å²) in [5.74, 6) is 0.584. The smallest absolute Gasteiger partial charge is 0.253 e. The highest BCUT2D eigenvalue weighted by atomic mass is 32.2. The van der Waals surface area contributed by atoms with Crippen LogP contribution in [0, 0.1) is 0 Å². The maximum absolute atomic E-state index is 11.9. The quantitative estimate of drug-likeness (QED) is 0.463. The third kappa shape index (κ3) is 6.30. The summed E-state index contributed by atoms with van der Waals surface area (Å²) in [7, 11) is 3.07. The van der Waals surface area contributed by atoms with Gasteiger partial charge in [-0.15, -0.1) is 0 Å². The monoisotopic (exact) mass is 417 g/mol. The standard InChI is InChI=1S/C20H27N5O3S/c1-21-20(23-13-15-5-9-17(10-6-15)19(26)25(3)4)24-14-16-7-11-18(12-8-16)29(27,28)22-2/h5-12,22H,13-14H2,1-4H3,(H2,21,23,24). The van der Waals surface area contributed by atoms with Crippen LogP contribution in [0.1, 0.15) is 21.5 Å². The fourth-order valence-electron chi connectivity index (χ4n) is 2.52. The minimum atomic E-state index is -3.43. The molecule has 9 heteroatoms. The number of nitrogens with one attached hydrogen (secondary N) is 3. The number of amides is 1. The molecular weight excluding hydrogens is 390 g/mol. The first-order valence-electron chi connectivity index (χ1n) is 9.04. The van der Waals surface area contributed by atoms with Crippen molar-refractivity contribution in [3.8, 4) is 0 Å². The molecule has 0 heterocycles. The summed E-state index contributed by atoms with van der Waals surface area (Å²) in [5, 5.41) is 6.40. The van der Waals surface area contributed by atoms with Gasteiger partial charge in [0.1, 0.15) is 0 Å². The van der Waals surface area contributed by atoms with Crippen LogP contribution in [-0.2, 0) is 23.1 Å². The van der Waals surface area contributed by atoms with Crippen molar-refractivity contribution in [3.63, 3.8) is 0 Å². The highest BCUT2D eigenvalue weighted by Crippen LogP contribution is 2.10. The number of rotatable bonds is 7. The Balaban J connectivity index is 1.89. The van der Waals surface area contributed by atoms with Gasteiger partial charge in [0.15, 0.2) is 5.96 Å². The van der Waals surface area contributed by atoms with Crippen LogP contribution in [0.25, 0.3) is 0 Å². The predicted molar refractivity (Wildman–Crippen MR) is 114 cm³/mol. The molecule has 0 atom stereocenters. The topological polar surface area (TPSA) is 103 Å². The number of hydrogen-bond donors (Lipinski definition) is 3. The second kappa shape index (κ2) is 10.0. The molecule has 0 saturated carbocycles. The number of nitrogens with zero attached hydrogens (tertiary/aromatic N) is 2. The second-order valence-corrected chi connectivity index (χ2v) is 8.41. The summed E-state index contributed by atoms with van der Waals surface area (Å²) >= 11 is 0. The first kappa shape index (κ1) is 22.4. The molecular formula is C20H27N5O3S. The van der Waals surface area contributed by atoms with E-state index in [2.05, 4.69) is 20.3 Å². The van der Waals surface area contributed by atoms with E-state index in [0.29, 0.717) is 24.6 Å². The molecule has 2 aromatic carbocycles. The lowest BCUT2D eigenvalue weighted by Crippen LogP contribution is -2.36. The van der Waals surface area contributed by atoms with Crippen molar-refractivity contribution in [2.24, 2.45) is 4.99 Å². The fraction of sp³-hybridized carbons (Fsp3) is 0.300. The molecule has 0 aromatic heterocycles. The zero-order valence-electron chi connectivity index (χ0n) is 17.1. The third-order valence-electron chi connectivity index (χ3n) is 4.25. The Morgan fingerprint density at radius 1 is 0.931 bits per heavy atom. The molecule has 0 aliphatic heterocycles. The molecule has 0 saturated heterocycles. The van der Waals surface area contributed by atoms with Crippen LogP contribution in [0.4, 0.5) is 0 Å². The highest BCUT2D eigenvalue weighted by Gasteiger charge is 2.10. The number of sulfonamides is 1. The average molecular weight is 418 g/mol. The molecule has 0 radical (unpaired) electrons. The van der Waals surface area contributed by atoms with Gasteiger partial charge in [0.05, 0.1) is 4.90 Å². The van der Waals surface area contributed by atoms with Gasteiger partial charge in [-0.25, -0.2) is 13.1 Å². The van der Waals surface area contributed by atoms with E-state index in [-0.39, 0.29) is 10.8 Å². The van der Waals surface area contributed by atoms with E-state index in [9.17, 15) is 13.2 Å². The summed E-state index contributed by atoms with van der Waals surface area (Å²) in [5.41, 5.74) is 2.59. The number of aliphatic imine (C=N–C) groups is 1. The van der Waals surface area contributed by atoms with Gasteiger partial charge in [-0.3, -0.25) is 9.79 Å². The lowest BCUT2D eigenvalue weighted by atomic mass is 10.1. The number of carbonyl (C=O) groups excluding carboxylic acids is 1. The molecule has 2 rings (SSSR count). The molecule has 29 heavy (non-hydrogen) atoms. The number of guanidine groups is 1. The Labute approximate surface area is 172 Å². The lowest BCUT2D eigenvalue weighted by molar-refractivity contribution is 0.0827. The van der Waals surface area contributed by atoms with Gasteiger partial charge in [-0.2, -0.15) is 0 Å². The van der Waals surface area contributed by atoms with Crippen LogP contribution in [0.2, 0.25) is 0 Å². The minimum Gasteiger partial charge on any atom is -0.352 e. The molecule has 0 bridgehead atoms. The van der Waals surface area contributed by atoms with Crippen LogP contribution in [0.5, 0.6) is 0 Å². The molecule has 0 fully saturated rings. The van der Waals surface area contributed by atoms with Crippen molar-refractivity contribution in [2.45, 2.75) is 18.0 Å². The van der Waals surface area contributed by atoms with E-state index in [1.807, 2.05) is 12.1 Å². The molecule has 8 nitrogen and oxygen atoms in total. The van der Waals surface area contributed by atoms with E-state index in [0.717, 1.165) is 11.1 Å². The lowest BCUT2D eigenvalue weighted by Gasteiger charge is -2.13. The Bertz CT molecular complexity index is 953. The summed E-state index contributed by atoms with van der Waals surface area (Å²) in [4.78, 5) is 17.9. The van der Waals surface area contributed by atoms with Crippen LogP contribution < -0.4 is 15.4 Å². The molecule has 0 aliphatic rings. The molecule has 3 N–H and O–H groups in total. The van der Waals surface area contributed by atoms with Gasteiger partial charge in [0.25, 0.3) is 5.91 Å². The van der Waals surface area contributed by atoms with E-state index >= 15 is 0 Å². The van der Waals surface area contributed by atoms with Gasteiger partial charge in [0, 0.05) is 39.8 Å². The largest absolute Gasteiger partial charge is 0.352 e. The van der Waals surface area contributed by atoms with Crippen molar-refractivity contribution >= 4 is 21.9 Å². The van der Waals surface area contributed by atoms with E-state index in [1.54, 1.807) is 62.4 Å².